The Bertz CT molecular complexity index is 1060. The zero-order valence-corrected chi connectivity index (χ0v) is 17.8. The number of hydrogen-bond donors (Lipinski definition) is 1. The summed E-state index contributed by atoms with van der Waals surface area (Å²) < 4.78 is 47.2. The Balaban J connectivity index is 0.000000280. The van der Waals surface area contributed by atoms with Crippen molar-refractivity contribution >= 4 is 37.1 Å². The fourth-order valence-corrected chi connectivity index (χ4v) is 3.01. The van der Waals surface area contributed by atoms with E-state index in [1.54, 1.807) is 36.4 Å². The molecule has 0 aliphatic carbocycles. The highest BCUT2D eigenvalue weighted by molar-refractivity contribution is 7.92. The molecule has 0 spiro atoms. The van der Waals surface area contributed by atoms with E-state index < -0.39 is 20.0 Å². The van der Waals surface area contributed by atoms with E-state index in [1.807, 2.05) is 6.07 Å². The predicted octanol–water partition coefficient (Wildman–Crippen LogP) is 2.17. The third kappa shape index (κ3) is 6.84. The molecule has 0 amide bonds. The van der Waals surface area contributed by atoms with E-state index in [2.05, 4.69) is 4.85 Å². The van der Waals surface area contributed by atoms with E-state index in [-0.39, 0.29) is 0 Å². The first kappa shape index (κ1) is 23.4. The van der Waals surface area contributed by atoms with Crippen molar-refractivity contribution in [3.63, 3.8) is 0 Å². The van der Waals surface area contributed by atoms with Crippen LogP contribution in [0.2, 0.25) is 0 Å². The second-order valence-electron chi connectivity index (χ2n) is 5.97. The molecule has 0 bridgehead atoms. The summed E-state index contributed by atoms with van der Waals surface area (Å²) in [6.07, 6.45) is 2.29. The van der Waals surface area contributed by atoms with Crippen molar-refractivity contribution in [2.24, 2.45) is 5.73 Å². The van der Waals surface area contributed by atoms with E-state index in [4.69, 9.17) is 12.3 Å². The fraction of sp³-hybridized carbons (Fsp3) is 0.278. The van der Waals surface area contributed by atoms with Gasteiger partial charge >= 0.3 is 0 Å². The second-order valence-corrected chi connectivity index (χ2v) is 9.99. The van der Waals surface area contributed by atoms with Crippen LogP contribution >= 0.6 is 0 Å². The Labute approximate surface area is 167 Å². The molecular weight excluding hydrogens is 400 g/mol. The Morgan fingerprint density at radius 1 is 0.893 bits per heavy atom. The largest absolute Gasteiger partial charge is 0.326 e. The minimum Gasteiger partial charge on any atom is -0.326 e. The average molecular weight is 425 g/mol. The van der Waals surface area contributed by atoms with Crippen LogP contribution in [0.3, 0.4) is 0 Å². The average Bonchev–Trinajstić information content (AvgIpc) is 2.66. The predicted molar refractivity (Wildman–Crippen MR) is 114 cm³/mol. The minimum atomic E-state index is -3.25. The van der Waals surface area contributed by atoms with Gasteiger partial charge in [0.15, 0.2) is 5.69 Å². The van der Waals surface area contributed by atoms with Crippen LogP contribution < -0.4 is 14.3 Å². The molecule has 0 fully saturated rings. The number of nitrogens with zero attached hydrogens (tertiary/aromatic N) is 3. The molecule has 28 heavy (non-hydrogen) atoms. The Kier molecular flexibility index (Phi) is 7.99. The van der Waals surface area contributed by atoms with Gasteiger partial charge in [0.2, 0.25) is 20.0 Å². The lowest BCUT2D eigenvalue weighted by atomic mass is 10.2. The molecule has 0 saturated heterocycles. The lowest BCUT2D eigenvalue weighted by Crippen LogP contribution is -2.24. The van der Waals surface area contributed by atoms with E-state index in [0.717, 1.165) is 16.1 Å². The van der Waals surface area contributed by atoms with Crippen LogP contribution in [0.5, 0.6) is 0 Å². The zero-order valence-electron chi connectivity index (χ0n) is 16.2. The van der Waals surface area contributed by atoms with Crippen molar-refractivity contribution < 1.29 is 16.8 Å². The van der Waals surface area contributed by atoms with Crippen LogP contribution in [-0.4, -0.2) is 43.4 Å². The van der Waals surface area contributed by atoms with Gasteiger partial charge in [-0.3, -0.25) is 8.61 Å². The van der Waals surface area contributed by atoms with Gasteiger partial charge < -0.3 is 5.73 Å². The maximum absolute atomic E-state index is 11.2. The van der Waals surface area contributed by atoms with Gasteiger partial charge in [-0.2, -0.15) is 0 Å². The molecule has 2 N–H and O–H groups in total. The summed E-state index contributed by atoms with van der Waals surface area (Å²) in [4.78, 5) is 3.22. The number of nitrogens with two attached hydrogens (primary N) is 1. The van der Waals surface area contributed by atoms with Gasteiger partial charge in [-0.05, 0) is 29.8 Å². The van der Waals surface area contributed by atoms with Crippen LogP contribution in [0.15, 0.2) is 48.5 Å². The first-order valence-electron chi connectivity index (χ1n) is 8.04. The minimum absolute atomic E-state index is 0.408. The summed E-state index contributed by atoms with van der Waals surface area (Å²) in [7, 11) is -3.46. The third-order valence-electron chi connectivity index (χ3n) is 3.83. The molecule has 2 aromatic rings. The normalized spacial score (nSPS) is 11.0. The van der Waals surface area contributed by atoms with Gasteiger partial charge in [0.1, 0.15) is 0 Å². The van der Waals surface area contributed by atoms with Crippen molar-refractivity contribution in [2.45, 2.75) is 6.54 Å². The molecule has 0 atom stereocenters. The fourth-order valence-electron chi connectivity index (χ4n) is 2.02. The maximum Gasteiger partial charge on any atom is 0.231 e. The molecule has 10 heteroatoms. The molecule has 2 rings (SSSR count). The molecule has 0 aliphatic heterocycles. The van der Waals surface area contributed by atoms with Crippen molar-refractivity contribution in [3.8, 4) is 0 Å². The number of benzene rings is 2. The molecule has 0 aromatic heterocycles. The standard InChI is InChI=1S/C9H10N2O2S.C9H14N2O2S/c1-10-8-5-4-6-9(7-8)11(2)14(3,12)13;1-11(14(2,12)13)9-5-3-4-8(6-9)7-10/h4-7H,2-3H3;3-6H,7,10H2,1-2H3. The SMILES string of the molecule is CN(c1cccc(CN)c1)S(C)(=O)=O.[C-]#[N+]c1cccc(N(C)S(C)(=O)=O)c1. The summed E-state index contributed by atoms with van der Waals surface area (Å²) >= 11 is 0. The monoisotopic (exact) mass is 424 g/mol. The highest BCUT2D eigenvalue weighted by atomic mass is 32.2. The Morgan fingerprint density at radius 2 is 1.36 bits per heavy atom. The summed E-state index contributed by atoms with van der Waals surface area (Å²) in [6, 6.07) is 13.6. The van der Waals surface area contributed by atoms with Crippen LogP contribution in [-0.2, 0) is 26.6 Å². The number of anilines is 2. The first-order valence-corrected chi connectivity index (χ1v) is 11.7. The second kappa shape index (κ2) is 9.54. The Hall–Kier alpha value is -2.61. The number of hydrogen-bond acceptors (Lipinski definition) is 5. The topological polar surface area (TPSA) is 105 Å². The molecule has 0 radical (unpaired) electrons. The molecule has 0 saturated carbocycles. The van der Waals surface area contributed by atoms with Crippen molar-refractivity contribution in [1.82, 2.24) is 0 Å². The lowest BCUT2D eigenvalue weighted by Gasteiger charge is -2.16. The third-order valence-corrected chi connectivity index (χ3v) is 6.24. The van der Waals surface area contributed by atoms with Crippen LogP contribution in [0, 0.1) is 6.57 Å². The summed E-state index contributed by atoms with van der Waals surface area (Å²) in [5, 5.41) is 0. The van der Waals surface area contributed by atoms with Crippen molar-refractivity contribution in [1.29, 1.82) is 0 Å². The van der Waals surface area contributed by atoms with E-state index in [1.165, 1.54) is 30.7 Å². The molecule has 2 aromatic carbocycles. The molecule has 152 valence electrons. The summed E-state index contributed by atoms with van der Waals surface area (Å²) in [5.74, 6) is 0. The lowest BCUT2D eigenvalue weighted by molar-refractivity contribution is 0.598. The molecule has 0 unspecified atom stereocenters. The molecule has 0 heterocycles. The molecular formula is C18H24N4O4S2. The number of rotatable bonds is 5. The highest BCUT2D eigenvalue weighted by Gasteiger charge is 2.12. The zero-order chi connectivity index (χ0) is 21.5. The first-order chi connectivity index (χ1) is 12.9. The summed E-state index contributed by atoms with van der Waals surface area (Å²) in [6.45, 7) is 7.20. The van der Waals surface area contributed by atoms with Gasteiger partial charge in [-0.25, -0.2) is 21.7 Å². The highest BCUT2D eigenvalue weighted by Crippen LogP contribution is 2.22. The van der Waals surface area contributed by atoms with E-state index in [9.17, 15) is 16.8 Å². The Morgan fingerprint density at radius 3 is 1.79 bits per heavy atom. The molecule has 8 nitrogen and oxygen atoms in total. The van der Waals surface area contributed by atoms with Gasteiger partial charge in [-0.15, -0.1) is 0 Å². The van der Waals surface area contributed by atoms with Gasteiger partial charge in [0.25, 0.3) is 0 Å². The van der Waals surface area contributed by atoms with Gasteiger partial charge in [-0.1, -0.05) is 24.3 Å². The van der Waals surface area contributed by atoms with Crippen molar-refractivity contribution in [2.75, 3.05) is 35.2 Å². The number of sulfonamides is 2. The van der Waals surface area contributed by atoms with Gasteiger partial charge in [0, 0.05) is 26.3 Å². The van der Waals surface area contributed by atoms with E-state index >= 15 is 0 Å². The van der Waals surface area contributed by atoms with Crippen LogP contribution in [0.4, 0.5) is 17.1 Å². The molecule has 0 aliphatic rings. The summed E-state index contributed by atoms with van der Waals surface area (Å²) in [5.41, 5.74) is 7.94. The van der Waals surface area contributed by atoms with Crippen LogP contribution in [0.25, 0.3) is 4.85 Å². The van der Waals surface area contributed by atoms with E-state index in [0.29, 0.717) is 23.6 Å². The smallest absolute Gasteiger partial charge is 0.231 e. The van der Waals surface area contributed by atoms with Gasteiger partial charge in [0.05, 0.1) is 24.8 Å². The quantitative estimate of drug-likeness (QED) is 0.741. The van der Waals surface area contributed by atoms with Crippen LogP contribution in [0.1, 0.15) is 5.56 Å². The van der Waals surface area contributed by atoms with Crippen molar-refractivity contribution in [3.05, 3.63) is 65.5 Å². The maximum atomic E-state index is 11.2.